The van der Waals surface area contributed by atoms with E-state index in [2.05, 4.69) is 21.2 Å². The summed E-state index contributed by atoms with van der Waals surface area (Å²) in [5.74, 6) is -1.75. The molecule has 196 valence electrons. The van der Waals surface area contributed by atoms with Gasteiger partial charge in [-0.25, -0.2) is 10.2 Å². The van der Waals surface area contributed by atoms with Gasteiger partial charge >= 0.3 is 11.9 Å². The second-order valence-electron chi connectivity index (χ2n) is 8.49. The van der Waals surface area contributed by atoms with E-state index in [1.807, 2.05) is 30.3 Å². The Morgan fingerprint density at radius 1 is 1.25 bits per heavy atom. The predicted molar refractivity (Wildman–Crippen MR) is 134 cm³/mol. The molecule has 1 aromatic carbocycles. The predicted octanol–water partition coefficient (Wildman–Crippen LogP) is 1.36. The molecule has 0 radical (unpaired) electrons. The first kappa shape index (κ1) is 28.6. The van der Waals surface area contributed by atoms with E-state index in [-0.39, 0.29) is 12.5 Å². The van der Waals surface area contributed by atoms with Crippen molar-refractivity contribution in [3.63, 3.8) is 0 Å². The molecule has 0 aromatic heterocycles. The molecule has 1 heterocycles. The summed E-state index contributed by atoms with van der Waals surface area (Å²) in [6.07, 6.45) is 6.93. The minimum absolute atomic E-state index is 0.223. The highest BCUT2D eigenvalue weighted by Crippen LogP contribution is 2.20. The van der Waals surface area contributed by atoms with E-state index < -0.39 is 30.1 Å². The lowest BCUT2D eigenvalue weighted by atomic mass is 10.0. The highest BCUT2D eigenvalue weighted by molar-refractivity contribution is 5.88. The van der Waals surface area contributed by atoms with Gasteiger partial charge in [0.2, 0.25) is 5.91 Å². The number of carboxylic acid groups (broad SMARTS) is 1. The van der Waals surface area contributed by atoms with Gasteiger partial charge in [-0.2, -0.15) is 5.26 Å². The lowest BCUT2D eigenvalue weighted by Crippen LogP contribution is -2.54. The molecule has 1 aromatic rings. The van der Waals surface area contributed by atoms with Crippen LogP contribution in [0.2, 0.25) is 0 Å². The van der Waals surface area contributed by atoms with Gasteiger partial charge in [-0.05, 0) is 57.4 Å². The maximum atomic E-state index is 13.5. The lowest BCUT2D eigenvalue weighted by Gasteiger charge is -2.30. The number of carbonyl (C=O) groups excluding carboxylic acids is 2. The largest absolute Gasteiger partial charge is 0.480 e. The highest BCUT2D eigenvalue weighted by atomic mass is 16.5. The zero-order valence-electron chi connectivity index (χ0n) is 20.7. The number of amides is 1. The Balaban J connectivity index is 2.09. The second-order valence-corrected chi connectivity index (χ2v) is 8.49. The van der Waals surface area contributed by atoms with Crippen molar-refractivity contribution >= 4 is 24.2 Å². The van der Waals surface area contributed by atoms with E-state index in [0.29, 0.717) is 58.0 Å². The minimum Gasteiger partial charge on any atom is -0.480 e. The molecule has 1 aliphatic heterocycles. The van der Waals surface area contributed by atoms with Gasteiger partial charge in [-0.15, -0.1) is 0 Å². The van der Waals surface area contributed by atoms with Crippen LogP contribution >= 0.6 is 0 Å². The molecule has 0 saturated carbocycles. The van der Waals surface area contributed by atoms with E-state index in [0.717, 1.165) is 5.56 Å². The molecule has 0 unspecified atom stereocenters. The van der Waals surface area contributed by atoms with Crippen molar-refractivity contribution < 1.29 is 24.2 Å². The number of aliphatic imine (C=N–C) groups is 1. The number of unbranched alkanes of at least 4 members (excludes halogenated alkanes) is 1. The van der Waals surface area contributed by atoms with Crippen LogP contribution in [0.3, 0.4) is 0 Å². The van der Waals surface area contributed by atoms with Crippen molar-refractivity contribution in [2.24, 2.45) is 4.99 Å². The van der Waals surface area contributed by atoms with Gasteiger partial charge in [-0.3, -0.25) is 25.3 Å². The average Bonchev–Trinajstić information content (AvgIpc) is 3.37. The van der Waals surface area contributed by atoms with Crippen LogP contribution in [0.1, 0.15) is 51.0 Å². The molecule has 11 nitrogen and oxygen atoms in total. The van der Waals surface area contributed by atoms with Gasteiger partial charge < -0.3 is 14.7 Å². The quantitative estimate of drug-likeness (QED) is 0.0500. The van der Waals surface area contributed by atoms with Gasteiger partial charge in [0.05, 0.1) is 12.6 Å². The summed E-state index contributed by atoms with van der Waals surface area (Å²) in [6.45, 7) is 2.82. The molecule has 0 spiro atoms. The summed E-state index contributed by atoms with van der Waals surface area (Å²) in [4.78, 5) is 43.4. The Hall–Kier alpha value is -3.65. The van der Waals surface area contributed by atoms with Crippen LogP contribution in [0.15, 0.2) is 35.3 Å². The first-order valence-electron chi connectivity index (χ1n) is 12.4. The fourth-order valence-corrected chi connectivity index (χ4v) is 4.20. The Bertz CT molecular complexity index is 904. The van der Waals surface area contributed by atoms with Crippen LogP contribution in [-0.2, 0) is 25.5 Å². The Morgan fingerprint density at radius 2 is 2.03 bits per heavy atom. The van der Waals surface area contributed by atoms with Crippen LogP contribution in [-0.4, -0.2) is 72.0 Å². The van der Waals surface area contributed by atoms with Crippen LogP contribution < -0.4 is 16.2 Å². The first-order chi connectivity index (χ1) is 17.5. The minimum atomic E-state index is -1.02. The lowest BCUT2D eigenvalue weighted by molar-refractivity contribution is -0.150. The number of likely N-dealkylation sites (tertiary alicyclic amines) is 1. The Morgan fingerprint density at radius 3 is 2.72 bits per heavy atom. The molecular weight excluding hydrogens is 464 g/mol. The zero-order valence-corrected chi connectivity index (χ0v) is 20.7. The summed E-state index contributed by atoms with van der Waals surface area (Å²) >= 11 is 0. The van der Waals surface area contributed by atoms with Gasteiger partial charge in [0, 0.05) is 13.1 Å². The van der Waals surface area contributed by atoms with E-state index in [1.165, 1.54) is 11.2 Å². The van der Waals surface area contributed by atoms with E-state index >= 15 is 0 Å². The molecule has 0 bridgehead atoms. The number of esters is 1. The smallest absolute Gasteiger partial charge is 0.326 e. The number of carboxylic acids is 1. The number of nitrogens with zero attached hydrogens (tertiary/aromatic N) is 3. The maximum Gasteiger partial charge on any atom is 0.326 e. The molecule has 11 heteroatoms. The van der Waals surface area contributed by atoms with Crippen molar-refractivity contribution in [3.8, 4) is 6.19 Å². The van der Waals surface area contributed by atoms with Gasteiger partial charge in [0.25, 0.3) is 0 Å². The SMILES string of the molecule is CCOC(=O)[C@H](CCc1ccccc1)N[C@@H](CCCCN=CNNC#N)C(=O)N1CCC[C@H]1C(=O)O. The van der Waals surface area contributed by atoms with Crippen LogP contribution in [0.25, 0.3) is 0 Å². The molecule has 1 amide bonds. The van der Waals surface area contributed by atoms with E-state index in [9.17, 15) is 19.5 Å². The fourth-order valence-electron chi connectivity index (χ4n) is 4.20. The third-order valence-electron chi connectivity index (χ3n) is 5.97. The monoisotopic (exact) mass is 500 g/mol. The standard InChI is InChI=1S/C25H36N6O5/c1-2-36-25(35)21(14-13-19-9-4-3-5-10-19)30-20(11-6-7-15-27-18-29-28-17-26)23(32)31-16-8-12-22(31)24(33)34/h3-5,9-10,18,20-22,28,30H,2,6-8,11-16H2,1H3,(H,27,29)(H,33,34)/t20-,21-,22-/m0/s1. The van der Waals surface area contributed by atoms with Crippen LogP contribution in [0.5, 0.6) is 0 Å². The van der Waals surface area contributed by atoms with Crippen LogP contribution in [0, 0.1) is 11.5 Å². The summed E-state index contributed by atoms with van der Waals surface area (Å²) in [7, 11) is 0. The Kier molecular flexibility index (Phi) is 12.8. The number of ether oxygens (including phenoxy) is 1. The van der Waals surface area contributed by atoms with Crippen molar-refractivity contribution in [3.05, 3.63) is 35.9 Å². The normalized spacial score (nSPS) is 16.8. The number of carbonyl (C=O) groups is 3. The number of hydrogen-bond donors (Lipinski definition) is 4. The molecule has 1 saturated heterocycles. The fraction of sp³-hybridized carbons (Fsp3) is 0.560. The molecule has 4 N–H and O–H groups in total. The van der Waals surface area contributed by atoms with Gasteiger partial charge in [0.1, 0.15) is 18.4 Å². The molecule has 1 fully saturated rings. The third kappa shape index (κ3) is 9.54. The molecule has 2 rings (SSSR count). The second kappa shape index (κ2) is 16.1. The van der Waals surface area contributed by atoms with Crippen molar-refractivity contribution in [1.82, 2.24) is 21.1 Å². The summed E-state index contributed by atoms with van der Waals surface area (Å²) in [5, 5.41) is 21.2. The molecule has 0 aliphatic carbocycles. The molecule has 1 aliphatic rings. The number of aliphatic carboxylic acids is 1. The molecule has 3 atom stereocenters. The number of hydrazine groups is 1. The van der Waals surface area contributed by atoms with Crippen molar-refractivity contribution in [2.45, 2.75) is 70.0 Å². The van der Waals surface area contributed by atoms with E-state index in [1.54, 1.807) is 13.1 Å². The average molecular weight is 501 g/mol. The van der Waals surface area contributed by atoms with E-state index in [4.69, 9.17) is 10.00 Å². The van der Waals surface area contributed by atoms with Crippen molar-refractivity contribution in [1.29, 1.82) is 5.26 Å². The number of rotatable bonds is 16. The van der Waals surface area contributed by atoms with Gasteiger partial charge in [-0.1, -0.05) is 30.3 Å². The summed E-state index contributed by atoms with van der Waals surface area (Å²) in [6, 6.07) is 7.47. The molecule has 36 heavy (non-hydrogen) atoms. The number of hydrogen-bond acceptors (Lipinski definition) is 8. The Labute approximate surface area is 211 Å². The van der Waals surface area contributed by atoms with Crippen LogP contribution in [0.4, 0.5) is 0 Å². The number of benzene rings is 1. The zero-order chi connectivity index (χ0) is 26.2. The van der Waals surface area contributed by atoms with Crippen molar-refractivity contribution in [2.75, 3.05) is 19.7 Å². The van der Waals surface area contributed by atoms with Gasteiger partial charge in [0.15, 0.2) is 6.19 Å². The first-order valence-corrected chi connectivity index (χ1v) is 12.4. The third-order valence-corrected chi connectivity index (χ3v) is 5.97. The topological polar surface area (TPSA) is 156 Å². The summed E-state index contributed by atoms with van der Waals surface area (Å²) in [5.41, 5.74) is 5.81. The highest BCUT2D eigenvalue weighted by Gasteiger charge is 2.38. The number of nitrogens with one attached hydrogen (secondary N) is 3. The maximum absolute atomic E-state index is 13.5. The number of aryl methyl sites for hydroxylation is 1. The number of nitriles is 1. The summed E-state index contributed by atoms with van der Waals surface area (Å²) < 4.78 is 5.27. The molecular formula is C25H36N6O5.